The minimum absolute atomic E-state index is 0.0180. The quantitative estimate of drug-likeness (QED) is 0.697. The monoisotopic (exact) mass is 361 g/mol. The maximum absolute atomic E-state index is 12.1. The van der Waals surface area contributed by atoms with Crippen LogP contribution in [-0.2, 0) is 14.4 Å². The number of carbonyl (C=O) groups is 3. The zero-order valence-corrected chi connectivity index (χ0v) is 15.0. The first-order valence-electron chi connectivity index (χ1n) is 8.13. The molecule has 1 aromatic heterocycles. The Morgan fingerprint density at radius 1 is 1.08 bits per heavy atom. The number of carbonyl (C=O) groups excluding carboxylic acids is 1. The molecule has 8 nitrogen and oxygen atoms in total. The van der Waals surface area contributed by atoms with Crippen LogP contribution in [0.2, 0.25) is 0 Å². The van der Waals surface area contributed by atoms with Gasteiger partial charge in [-0.3, -0.25) is 14.7 Å². The number of pyridine rings is 1. The summed E-state index contributed by atoms with van der Waals surface area (Å²) in [5, 5.41) is 18.8. The van der Waals surface area contributed by atoms with Crippen molar-refractivity contribution in [2.24, 2.45) is 0 Å². The molecule has 140 valence electrons. The van der Waals surface area contributed by atoms with E-state index in [9.17, 15) is 4.79 Å². The van der Waals surface area contributed by atoms with Crippen LogP contribution in [0.4, 0.5) is 5.69 Å². The maximum atomic E-state index is 12.1. The molecule has 1 aromatic carbocycles. The van der Waals surface area contributed by atoms with Gasteiger partial charge in [-0.1, -0.05) is 32.0 Å². The van der Waals surface area contributed by atoms with Gasteiger partial charge >= 0.3 is 11.9 Å². The fourth-order valence-corrected chi connectivity index (χ4v) is 2.25. The second-order valence-electron chi connectivity index (χ2n) is 5.45. The first-order valence-corrected chi connectivity index (χ1v) is 8.13. The molecule has 0 saturated carbocycles. The number of carboxylic acid groups (broad SMARTS) is 2. The number of para-hydroxylation sites is 1. The van der Waals surface area contributed by atoms with Gasteiger partial charge in [0.2, 0.25) is 5.91 Å². The molecule has 0 fully saturated rings. The zero-order valence-electron chi connectivity index (χ0n) is 15.0. The summed E-state index contributed by atoms with van der Waals surface area (Å²) in [6.45, 7) is 8.22. The number of anilines is 1. The predicted octanol–water partition coefficient (Wildman–Crippen LogP) is 1.98. The maximum Gasteiger partial charge on any atom is 0.414 e. The largest absolute Gasteiger partial charge is 0.473 e. The average Bonchev–Trinajstić information content (AvgIpc) is 2.60. The summed E-state index contributed by atoms with van der Waals surface area (Å²) in [5.41, 5.74) is 2.65. The molecule has 0 aliphatic rings. The average molecular weight is 361 g/mol. The van der Waals surface area contributed by atoms with Crippen molar-refractivity contribution in [3.63, 3.8) is 0 Å². The van der Waals surface area contributed by atoms with Crippen molar-refractivity contribution in [2.75, 3.05) is 25.0 Å². The fourth-order valence-electron chi connectivity index (χ4n) is 2.25. The van der Waals surface area contributed by atoms with Gasteiger partial charge in [0.05, 0.1) is 17.7 Å². The number of amides is 1. The number of nitrogens with zero attached hydrogens (tertiary/aromatic N) is 2. The molecule has 1 amide bonds. The number of hydrogen-bond donors (Lipinski definition) is 3. The van der Waals surface area contributed by atoms with Gasteiger partial charge in [-0.25, -0.2) is 9.59 Å². The molecule has 2 aromatic rings. The molecule has 26 heavy (non-hydrogen) atoms. The van der Waals surface area contributed by atoms with Gasteiger partial charge in [-0.2, -0.15) is 0 Å². The number of nitrogens with one attached hydrogen (secondary N) is 1. The number of benzene rings is 1. The molecule has 0 bridgehead atoms. The molecule has 0 aliphatic carbocycles. The molecule has 8 heteroatoms. The lowest BCUT2D eigenvalue weighted by Gasteiger charge is -2.17. The molecule has 0 unspecified atom stereocenters. The third-order valence-corrected chi connectivity index (χ3v) is 3.56. The van der Waals surface area contributed by atoms with E-state index in [1.54, 1.807) is 0 Å². The molecule has 0 spiro atoms. The lowest BCUT2D eigenvalue weighted by atomic mass is 10.1. The molecule has 0 saturated heterocycles. The smallest absolute Gasteiger partial charge is 0.414 e. The second-order valence-corrected chi connectivity index (χ2v) is 5.45. The number of aromatic nitrogens is 1. The number of hydrogen-bond acceptors (Lipinski definition) is 5. The van der Waals surface area contributed by atoms with Gasteiger partial charge in [0, 0.05) is 11.1 Å². The highest BCUT2D eigenvalue weighted by Crippen LogP contribution is 2.22. The van der Waals surface area contributed by atoms with E-state index in [-0.39, 0.29) is 5.91 Å². The molecule has 0 atom stereocenters. The van der Waals surface area contributed by atoms with Crippen molar-refractivity contribution in [3.05, 3.63) is 36.0 Å². The third-order valence-electron chi connectivity index (χ3n) is 3.56. The minimum Gasteiger partial charge on any atom is -0.473 e. The van der Waals surface area contributed by atoms with Crippen molar-refractivity contribution in [1.82, 2.24) is 9.88 Å². The van der Waals surface area contributed by atoms with E-state index < -0.39 is 11.9 Å². The highest BCUT2D eigenvalue weighted by Gasteiger charge is 2.10. The van der Waals surface area contributed by atoms with Gasteiger partial charge in [0.15, 0.2) is 0 Å². The van der Waals surface area contributed by atoms with Gasteiger partial charge < -0.3 is 15.5 Å². The Labute approximate surface area is 151 Å². The fraction of sp³-hybridized carbons (Fsp3) is 0.333. The van der Waals surface area contributed by atoms with E-state index in [0.29, 0.717) is 6.54 Å². The van der Waals surface area contributed by atoms with Crippen molar-refractivity contribution < 1.29 is 24.6 Å². The number of carboxylic acids is 2. The minimum atomic E-state index is -1.82. The van der Waals surface area contributed by atoms with E-state index in [1.165, 1.54) is 0 Å². The van der Waals surface area contributed by atoms with Crippen LogP contribution in [0.1, 0.15) is 19.5 Å². The SMILES string of the molecule is CCN(CC)CC(=O)Nc1cc(C)nc2ccccc12.O=C(O)C(=O)O. The van der Waals surface area contributed by atoms with Crippen LogP contribution in [0.15, 0.2) is 30.3 Å². The first-order chi connectivity index (χ1) is 12.3. The van der Waals surface area contributed by atoms with E-state index in [2.05, 4.69) is 29.0 Å². The van der Waals surface area contributed by atoms with E-state index in [4.69, 9.17) is 19.8 Å². The number of rotatable bonds is 5. The summed E-state index contributed by atoms with van der Waals surface area (Å²) < 4.78 is 0. The zero-order chi connectivity index (χ0) is 19.7. The third kappa shape index (κ3) is 6.48. The second kappa shape index (κ2) is 10.1. The van der Waals surface area contributed by atoms with Crippen molar-refractivity contribution in [3.8, 4) is 0 Å². The van der Waals surface area contributed by atoms with Crippen LogP contribution < -0.4 is 5.32 Å². The molecule has 2 rings (SSSR count). The predicted molar refractivity (Wildman–Crippen MR) is 98.2 cm³/mol. The van der Waals surface area contributed by atoms with Crippen LogP contribution in [-0.4, -0.2) is 57.6 Å². The molecular weight excluding hydrogens is 338 g/mol. The van der Waals surface area contributed by atoms with Gasteiger partial charge in [0.25, 0.3) is 0 Å². The van der Waals surface area contributed by atoms with Crippen LogP contribution in [0.25, 0.3) is 10.9 Å². The summed E-state index contributed by atoms with van der Waals surface area (Å²) in [6.07, 6.45) is 0. The highest BCUT2D eigenvalue weighted by atomic mass is 16.4. The van der Waals surface area contributed by atoms with E-state index >= 15 is 0 Å². The van der Waals surface area contributed by atoms with Crippen molar-refractivity contribution in [2.45, 2.75) is 20.8 Å². The summed E-state index contributed by atoms with van der Waals surface area (Å²) in [7, 11) is 0. The van der Waals surface area contributed by atoms with Crippen LogP contribution in [0.5, 0.6) is 0 Å². The van der Waals surface area contributed by atoms with E-state index in [1.807, 2.05) is 37.3 Å². The number of fused-ring (bicyclic) bond motifs is 1. The van der Waals surface area contributed by atoms with Crippen LogP contribution >= 0.6 is 0 Å². The number of likely N-dealkylation sites (N-methyl/N-ethyl adjacent to an activating group) is 1. The molecule has 0 aliphatic heterocycles. The molecule has 0 radical (unpaired) electrons. The molecule has 3 N–H and O–H groups in total. The Bertz CT molecular complexity index is 775. The van der Waals surface area contributed by atoms with Crippen molar-refractivity contribution in [1.29, 1.82) is 0 Å². The summed E-state index contributed by atoms with van der Waals surface area (Å²) in [4.78, 5) is 36.9. The lowest BCUT2D eigenvalue weighted by molar-refractivity contribution is -0.159. The van der Waals surface area contributed by atoms with Gasteiger partial charge in [-0.15, -0.1) is 0 Å². The van der Waals surface area contributed by atoms with Crippen molar-refractivity contribution >= 4 is 34.4 Å². The van der Waals surface area contributed by atoms with E-state index in [0.717, 1.165) is 35.4 Å². The molecule has 1 heterocycles. The Kier molecular flexibility index (Phi) is 8.17. The van der Waals surface area contributed by atoms with Crippen LogP contribution in [0.3, 0.4) is 0 Å². The summed E-state index contributed by atoms with van der Waals surface area (Å²) in [5.74, 6) is -3.63. The Morgan fingerprint density at radius 3 is 2.19 bits per heavy atom. The topological polar surface area (TPSA) is 120 Å². The highest BCUT2D eigenvalue weighted by molar-refractivity contribution is 6.27. The Morgan fingerprint density at radius 2 is 1.65 bits per heavy atom. The lowest BCUT2D eigenvalue weighted by Crippen LogP contribution is -2.33. The Hall–Kier alpha value is -3.00. The molecular formula is C18H23N3O5. The standard InChI is InChI=1S/C16H21N3O.C2H2O4/c1-4-19(5-2)11-16(20)18-15-10-12(3)17-14-9-7-6-8-13(14)15;3-1(4)2(5)6/h6-10H,4-5,11H2,1-3H3,(H,17,18,20);(H,3,4)(H,5,6). The summed E-state index contributed by atoms with van der Waals surface area (Å²) in [6, 6.07) is 9.77. The summed E-state index contributed by atoms with van der Waals surface area (Å²) >= 11 is 0. The van der Waals surface area contributed by atoms with Gasteiger partial charge in [0.1, 0.15) is 0 Å². The number of aryl methyl sites for hydroxylation is 1. The van der Waals surface area contributed by atoms with Gasteiger partial charge in [-0.05, 0) is 32.1 Å². The van der Waals surface area contributed by atoms with Crippen LogP contribution in [0, 0.1) is 6.92 Å². The number of aliphatic carboxylic acids is 2. The first kappa shape index (κ1) is 21.0. The Balaban J connectivity index is 0.000000487. The normalized spacial score (nSPS) is 10.2.